The Morgan fingerprint density at radius 1 is 1.14 bits per heavy atom. The van der Waals surface area contributed by atoms with Gasteiger partial charge in [-0.15, -0.1) is 0 Å². The third kappa shape index (κ3) is 4.47. The molecule has 2 heterocycles. The van der Waals surface area contributed by atoms with Gasteiger partial charge < -0.3 is 15.5 Å². The Hall–Kier alpha value is -3.16. The standard InChI is InChI=1S/C21H25N5O3/c1-25-17-11-12-26(19(28)10-9-18(27)22-15-7-8-15)13-16(17)20(24-25)21(29)23-14-5-3-2-4-6-14/h2-6,15H,7-13H2,1H3,(H,22,27)(H,23,29). The summed E-state index contributed by atoms with van der Waals surface area (Å²) in [5.74, 6) is -0.422. The fourth-order valence-electron chi connectivity index (χ4n) is 3.61. The van der Waals surface area contributed by atoms with Crippen molar-refractivity contribution in [2.45, 2.75) is 44.7 Å². The van der Waals surface area contributed by atoms with Crippen molar-refractivity contribution in [3.63, 3.8) is 0 Å². The van der Waals surface area contributed by atoms with Gasteiger partial charge in [0.15, 0.2) is 5.69 Å². The third-order valence-electron chi connectivity index (χ3n) is 5.35. The molecule has 0 radical (unpaired) electrons. The number of carbonyl (C=O) groups excluding carboxylic acids is 3. The van der Waals surface area contributed by atoms with E-state index in [0.717, 1.165) is 24.1 Å². The maximum absolute atomic E-state index is 12.8. The zero-order valence-electron chi connectivity index (χ0n) is 16.5. The van der Waals surface area contributed by atoms with Crippen LogP contribution in [0.2, 0.25) is 0 Å². The molecule has 152 valence electrons. The van der Waals surface area contributed by atoms with E-state index in [9.17, 15) is 14.4 Å². The van der Waals surface area contributed by atoms with Gasteiger partial charge in [0, 0.05) is 62.4 Å². The number of benzene rings is 1. The van der Waals surface area contributed by atoms with Crippen molar-refractivity contribution >= 4 is 23.4 Å². The first-order chi connectivity index (χ1) is 14.0. The number of hydrogen-bond donors (Lipinski definition) is 2. The van der Waals surface area contributed by atoms with Crippen LogP contribution in [0, 0.1) is 0 Å². The summed E-state index contributed by atoms with van der Waals surface area (Å²) in [7, 11) is 1.82. The van der Waals surface area contributed by atoms with Crippen molar-refractivity contribution in [1.29, 1.82) is 0 Å². The Morgan fingerprint density at radius 2 is 1.90 bits per heavy atom. The summed E-state index contributed by atoms with van der Waals surface area (Å²) in [6.45, 7) is 0.902. The van der Waals surface area contributed by atoms with E-state index in [0.29, 0.717) is 36.9 Å². The Morgan fingerprint density at radius 3 is 2.62 bits per heavy atom. The zero-order valence-corrected chi connectivity index (χ0v) is 16.5. The van der Waals surface area contributed by atoms with Gasteiger partial charge in [-0.05, 0) is 25.0 Å². The van der Waals surface area contributed by atoms with E-state index in [2.05, 4.69) is 15.7 Å². The number of nitrogens with zero attached hydrogens (tertiary/aromatic N) is 3. The van der Waals surface area contributed by atoms with Crippen LogP contribution in [0.1, 0.15) is 47.4 Å². The van der Waals surface area contributed by atoms with Gasteiger partial charge in [-0.25, -0.2) is 0 Å². The van der Waals surface area contributed by atoms with Crippen LogP contribution in [-0.4, -0.2) is 45.0 Å². The van der Waals surface area contributed by atoms with Crippen LogP contribution in [-0.2, 0) is 29.6 Å². The molecule has 4 rings (SSSR count). The Kier molecular flexibility index (Phi) is 5.33. The SMILES string of the molecule is Cn1nc(C(=O)Nc2ccccc2)c2c1CCN(C(=O)CCC(=O)NC1CC1)C2. The molecule has 2 N–H and O–H groups in total. The van der Waals surface area contributed by atoms with E-state index in [1.807, 2.05) is 37.4 Å². The molecule has 0 unspecified atom stereocenters. The smallest absolute Gasteiger partial charge is 0.276 e. The van der Waals surface area contributed by atoms with Crippen molar-refractivity contribution in [3.8, 4) is 0 Å². The molecule has 1 aromatic carbocycles. The number of anilines is 1. The molecule has 8 nitrogen and oxygen atoms in total. The minimum absolute atomic E-state index is 0.0668. The maximum atomic E-state index is 12.8. The number of rotatable bonds is 6. The van der Waals surface area contributed by atoms with Gasteiger partial charge in [-0.3, -0.25) is 19.1 Å². The summed E-state index contributed by atoms with van der Waals surface area (Å²) in [5.41, 5.74) is 2.79. The summed E-state index contributed by atoms with van der Waals surface area (Å²) >= 11 is 0. The van der Waals surface area contributed by atoms with Gasteiger partial charge in [-0.2, -0.15) is 5.10 Å². The summed E-state index contributed by atoms with van der Waals surface area (Å²) in [5, 5.41) is 10.2. The predicted octanol–water partition coefficient (Wildman–Crippen LogP) is 1.62. The molecule has 2 aliphatic rings. The summed E-state index contributed by atoms with van der Waals surface area (Å²) < 4.78 is 1.72. The van der Waals surface area contributed by atoms with Crippen LogP contribution in [0.3, 0.4) is 0 Å². The average Bonchev–Trinajstić information content (AvgIpc) is 3.47. The molecule has 0 bridgehead atoms. The van der Waals surface area contributed by atoms with Gasteiger partial charge in [0.2, 0.25) is 11.8 Å². The molecular weight excluding hydrogens is 370 g/mol. The molecule has 1 aromatic heterocycles. The van der Waals surface area contributed by atoms with E-state index in [1.165, 1.54) is 0 Å². The van der Waals surface area contributed by atoms with Crippen LogP contribution < -0.4 is 10.6 Å². The summed E-state index contributed by atoms with van der Waals surface area (Å²) in [6, 6.07) is 9.52. The molecular formula is C21H25N5O3. The molecule has 1 fully saturated rings. The molecule has 0 atom stereocenters. The van der Waals surface area contributed by atoms with E-state index in [-0.39, 0.29) is 30.6 Å². The number of para-hydroxylation sites is 1. The highest BCUT2D eigenvalue weighted by Crippen LogP contribution is 2.24. The lowest BCUT2D eigenvalue weighted by Crippen LogP contribution is -2.37. The Balaban J connectivity index is 1.41. The van der Waals surface area contributed by atoms with Crippen LogP contribution in [0.4, 0.5) is 5.69 Å². The van der Waals surface area contributed by atoms with Crippen LogP contribution in [0.25, 0.3) is 0 Å². The van der Waals surface area contributed by atoms with Gasteiger partial charge in [0.05, 0.1) is 0 Å². The molecule has 0 spiro atoms. The number of carbonyl (C=O) groups is 3. The fraction of sp³-hybridized carbons (Fsp3) is 0.429. The number of aromatic nitrogens is 2. The Bertz CT molecular complexity index is 933. The van der Waals surface area contributed by atoms with Crippen molar-refractivity contribution < 1.29 is 14.4 Å². The fourth-order valence-corrected chi connectivity index (χ4v) is 3.61. The van der Waals surface area contributed by atoms with Crippen LogP contribution in [0.5, 0.6) is 0 Å². The van der Waals surface area contributed by atoms with Gasteiger partial charge in [0.1, 0.15) is 0 Å². The third-order valence-corrected chi connectivity index (χ3v) is 5.35. The van der Waals surface area contributed by atoms with E-state index >= 15 is 0 Å². The zero-order chi connectivity index (χ0) is 20.4. The highest BCUT2D eigenvalue weighted by atomic mass is 16.2. The number of amides is 3. The number of aryl methyl sites for hydroxylation is 1. The monoisotopic (exact) mass is 395 g/mol. The van der Waals surface area contributed by atoms with E-state index in [4.69, 9.17) is 0 Å². The normalized spacial score (nSPS) is 15.6. The van der Waals surface area contributed by atoms with E-state index in [1.54, 1.807) is 9.58 Å². The molecule has 29 heavy (non-hydrogen) atoms. The van der Waals surface area contributed by atoms with E-state index < -0.39 is 0 Å². The highest BCUT2D eigenvalue weighted by Gasteiger charge is 2.30. The quantitative estimate of drug-likeness (QED) is 0.777. The minimum Gasteiger partial charge on any atom is -0.353 e. The molecule has 1 aliphatic heterocycles. The van der Waals surface area contributed by atoms with Crippen molar-refractivity contribution in [3.05, 3.63) is 47.3 Å². The number of fused-ring (bicyclic) bond motifs is 1. The predicted molar refractivity (Wildman–Crippen MR) is 107 cm³/mol. The second-order valence-corrected chi connectivity index (χ2v) is 7.62. The Labute approximate surface area is 169 Å². The van der Waals surface area contributed by atoms with Crippen LogP contribution in [0.15, 0.2) is 30.3 Å². The van der Waals surface area contributed by atoms with Gasteiger partial charge in [-0.1, -0.05) is 18.2 Å². The molecule has 8 heteroatoms. The maximum Gasteiger partial charge on any atom is 0.276 e. The van der Waals surface area contributed by atoms with Crippen LogP contribution >= 0.6 is 0 Å². The van der Waals surface area contributed by atoms with Gasteiger partial charge >= 0.3 is 0 Å². The van der Waals surface area contributed by atoms with Crippen molar-refractivity contribution in [2.24, 2.45) is 7.05 Å². The topological polar surface area (TPSA) is 96.3 Å². The van der Waals surface area contributed by atoms with Crippen molar-refractivity contribution in [1.82, 2.24) is 20.0 Å². The average molecular weight is 395 g/mol. The minimum atomic E-state index is -0.286. The molecule has 1 aliphatic carbocycles. The highest BCUT2D eigenvalue weighted by molar-refractivity contribution is 6.04. The lowest BCUT2D eigenvalue weighted by Gasteiger charge is -2.27. The lowest BCUT2D eigenvalue weighted by molar-refractivity contribution is -0.134. The molecule has 1 saturated carbocycles. The first-order valence-corrected chi connectivity index (χ1v) is 9.99. The van der Waals surface area contributed by atoms with Crippen molar-refractivity contribution in [2.75, 3.05) is 11.9 Å². The second-order valence-electron chi connectivity index (χ2n) is 7.62. The largest absolute Gasteiger partial charge is 0.353 e. The summed E-state index contributed by atoms with van der Waals surface area (Å²) in [4.78, 5) is 38.9. The first-order valence-electron chi connectivity index (χ1n) is 9.99. The molecule has 2 aromatic rings. The summed E-state index contributed by atoms with van der Waals surface area (Å²) in [6.07, 6.45) is 3.08. The number of nitrogens with one attached hydrogen (secondary N) is 2. The second kappa shape index (κ2) is 8.06. The molecule has 0 saturated heterocycles. The number of hydrogen-bond acceptors (Lipinski definition) is 4. The lowest BCUT2D eigenvalue weighted by atomic mass is 10.0. The molecule has 3 amide bonds. The first kappa shape index (κ1) is 19.2. The van der Waals surface area contributed by atoms with Gasteiger partial charge in [0.25, 0.3) is 5.91 Å².